The van der Waals surface area contributed by atoms with Crippen LogP contribution in [0.2, 0.25) is 0 Å². The lowest BCUT2D eigenvalue weighted by molar-refractivity contribution is -0.111. The summed E-state index contributed by atoms with van der Waals surface area (Å²) in [6, 6.07) is 15.0. The molecule has 4 aromatic rings. The Kier molecular flexibility index (Phi) is 8.27. The van der Waals surface area contributed by atoms with Crippen LogP contribution in [0.25, 0.3) is 39.0 Å². The second kappa shape index (κ2) is 12.0. The zero-order valence-corrected chi connectivity index (χ0v) is 25.1. The first kappa shape index (κ1) is 28.8. The van der Waals surface area contributed by atoms with Crippen molar-refractivity contribution in [3.63, 3.8) is 0 Å². The summed E-state index contributed by atoms with van der Waals surface area (Å²) in [6.07, 6.45) is 4.88. The molecule has 2 aromatic carbocycles. The van der Waals surface area contributed by atoms with E-state index in [2.05, 4.69) is 75.1 Å². The largest absolute Gasteiger partial charge is 0.402 e. The number of nitrogens with one attached hydrogen (secondary N) is 2. The normalized spacial score (nSPS) is 14.8. The van der Waals surface area contributed by atoms with Crippen LogP contribution in [0.3, 0.4) is 0 Å². The van der Waals surface area contributed by atoms with Gasteiger partial charge in [0.05, 0.1) is 5.69 Å². The molecule has 0 spiro atoms. The van der Waals surface area contributed by atoms with Gasteiger partial charge in [0.25, 0.3) is 0 Å². The molecule has 0 unspecified atom stereocenters. The first-order valence-corrected chi connectivity index (χ1v) is 14.2. The molecular formula is C34H43N7O. The van der Waals surface area contributed by atoms with E-state index in [1.165, 1.54) is 11.8 Å². The molecule has 2 aromatic heterocycles. The number of rotatable bonds is 7. The van der Waals surface area contributed by atoms with Gasteiger partial charge in [-0.3, -0.25) is 9.79 Å². The van der Waals surface area contributed by atoms with Crippen molar-refractivity contribution >= 4 is 40.1 Å². The molecule has 1 fully saturated rings. The Morgan fingerprint density at radius 2 is 1.86 bits per heavy atom. The van der Waals surface area contributed by atoms with Crippen molar-refractivity contribution in [2.45, 2.75) is 20.8 Å². The summed E-state index contributed by atoms with van der Waals surface area (Å²) in [5, 5.41) is 3.97. The molecular weight excluding hydrogens is 522 g/mol. The van der Waals surface area contributed by atoms with Gasteiger partial charge in [0.15, 0.2) is 0 Å². The fraction of sp³-hybridized carbons (Fsp3) is 0.265. The predicted octanol–water partition coefficient (Wildman–Crippen LogP) is 6.27. The molecule has 8 heteroatoms. The number of benzene rings is 2. The Bertz CT molecular complexity index is 1710. The van der Waals surface area contributed by atoms with Crippen molar-refractivity contribution in [2.24, 2.45) is 10.7 Å². The van der Waals surface area contributed by atoms with Crippen LogP contribution in [-0.4, -0.2) is 67.3 Å². The van der Waals surface area contributed by atoms with E-state index in [-0.39, 0.29) is 8.76 Å². The highest BCUT2D eigenvalue weighted by Crippen LogP contribution is 2.42. The van der Waals surface area contributed by atoms with E-state index >= 15 is 0 Å². The molecule has 0 atom stereocenters. The number of amides is 1. The fourth-order valence-electron chi connectivity index (χ4n) is 5.64. The van der Waals surface area contributed by atoms with Crippen LogP contribution in [0.5, 0.6) is 0 Å². The van der Waals surface area contributed by atoms with Crippen LogP contribution in [0, 0.1) is 13.8 Å². The van der Waals surface area contributed by atoms with Gasteiger partial charge in [0.1, 0.15) is 5.65 Å². The van der Waals surface area contributed by atoms with Crippen LogP contribution >= 0.6 is 0 Å². The van der Waals surface area contributed by atoms with Crippen molar-refractivity contribution in [1.82, 2.24) is 14.9 Å². The average molecular weight is 566 g/mol. The van der Waals surface area contributed by atoms with E-state index in [1.807, 2.05) is 33.0 Å². The monoisotopic (exact) mass is 565 g/mol. The van der Waals surface area contributed by atoms with Crippen LogP contribution in [0.1, 0.15) is 26.5 Å². The number of aromatic nitrogens is 2. The van der Waals surface area contributed by atoms with Gasteiger partial charge in [0.2, 0.25) is 5.91 Å². The number of aliphatic imine (C=N–C) groups is 1. The standard InChI is InChI=1S/C34H39N7O.2H2/c1-7-30(42)38-32-21(2)8-13-27(22(32)3)31-28-18-25(29(20-36-5)23(4)35)19-37-34(28)39-33(31)24-9-11-26(12-10-24)41-16-14-40(6)15-17-41;;/h7-13,18-20H,1,14-17,35H2,2-6H3,(H,37,39)(H,38,42);2*1H/b29-23+,36-20?;;. The number of likely N-dealkylation sites (N-methyl/N-ethyl adjacent to an activating group) is 1. The number of carbonyl (C=O) groups is 1. The minimum absolute atomic E-state index is 0. The maximum absolute atomic E-state index is 12.3. The topological polar surface area (TPSA) is 103 Å². The Labute approximate surface area is 250 Å². The molecule has 1 saturated heterocycles. The van der Waals surface area contributed by atoms with Crippen molar-refractivity contribution in [1.29, 1.82) is 0 Å². The number of piperazine rings is 1. The minimum atomic E-state index is -0.243. The summed E-state index contributed by atoms with van der Waals surface area (Å²) in [5.41, 5.74) is 17.4. The summed E-state index contributed by atoms with van der Waals surface area (Å²) in [5.74, 6) is -0.243. The highest BCUT2D eigenvalue weighted by molar-refractivity contribution is 6.13. The number of nitrogens with two attached hydrogens (primary N) is 1. The van der Waals surface area contributed by atoms with Gasteiger partial charge in [-0.25, -0.2) is 4.98 Å². The Morgan fingerprint density at radius 3 is 2.50 bits per heavy atom. The summed E-state index contributed by atoms with van der Waals surface area (Å²) in [7, 11) is 3.90. The van der Waals surface area contributed by atoms with E-state index in [1.54, 1.807) is 13.3 Å². The van der Waals surface area contributed by atoms with Crippen LogP contribution < -0.4 is 16.0 Å². The maximum atomic E-state index is 12.3. The second-order valence-electron chi connectivity index (χ2n) is 10.9. The summed E-state index contributed by atoms with van der Waals surface area (Å²) >= 11 is 0. The molecule has 220 valence electrons. The number of hydrogen-bond donors (Lipinski definition) is 3. The fourth-order valence-corrected chi connectivity index (χ4v) is 5.64. The first-order valence-electron chi connectivity index (χ1n) is 14.2. The van der Waals surface area contributed by atoms with Gasteiger partial charge in [-0.15, -0.1) is 0 Å². The zero-order chi connectivity index (χ0) is 30.0. The third-order valence-electron chi connectivity index (χ3n) is 8.05. The van der Waals surface area contributed by atoms with Crippen LogP contribution in [0.4, 0.5) is 11.4 Å². The molecule has 42 heavy (non-hydrogen) atoms. The summed E-state index contributed by atoms with van der Waals surface area (Å²) in [4.78, 5) is 29.8. The van der Waals surface area contributed by atoms with E-state index in [0.29, 0.717) is 5.70 Å². The number of aryl methyl sites for hydroxylation is 1. The van der Waals surface area contributed by atoms with Crippen LogP contribution in [-0.2, 0) is 4.79 Å². The van der Waals surface area contributed by atoms with Crippen LogP contribution in [0.15, 0.2) is 72.0 Å². The predicted molar refractivity (Wildman–Crippen MR) is 180 cm³/mol. The molecule has 0 saturated carbocycles. The number of nitrogens with zero attached hydrogens (tertiary/aromatic N) is 4. The highest BCUT2D eigenvalue weighted by Gasteiger charge is 2.22. The number of H-pyrrole nitrogens is 1. The smallest absolute Gasteiger partial charge is 0.247 e. The SMILES string of the molecule is C=CC(=O)Nc1c(C)ccc(-c2c(-c3ccc(N4CCN(C)CC4)cc3)[nH]c3ncc(/C(C=NC)=C(\C)N)cc23)c1C.[HH].[HH]. The van der Waals surface area contributed by atoms with E-state index in [9.17, 15) is 4.79 Å². The van der Waals surface area contributed by atoms with Crippen molar-refractivity contribution in [3.8, 4) is 22.4 Å². The molecule has 1 amide bonds. The Hall–Kier alpha value is -4.69. The van der Waals surface area contributed by atoms with Gasteiger partial charge in [0, 0.05) is 87.6 Å². The summed E-state index contributed by atoms with van der Waals surface area (Å²) in [6.45, 7) is 13.7. The number of anilines is 2. The molecule has 8 nitrogen and oxygen atoms in total. The summed E-state index contributed by atoms with van der Waals surface area (Å²) < 4.78 is 0. The molecule has 1 aliphatic rings. The lowest BCUT2D eigenvalue weighted by atomic mass is 9.92. The third-order valence-corrected chi connectivity index (χ3v) is 8.05. The van der Waals surface area contributed by atoms with Gasteiger partial charge >= 0.3 is 0 Å². The van der Waals surface area contributed by atoms with Gasteiger partial charge in [-0.2, -0.15) is 0 Å². The van der Waals surface area contributed by atoms with Gasteiger partial charge in [-0.05, 0) is 74.3 Å². The number of pyridine rings is 1. The van der Waals surface area contributed by atoms with Gasteiger partial charge < -0.3 is 25.8 Å². The first-order chi connectivity index (χ1) is 20.2. The highest BCUT2D eigenvalue weighted by atomic mass is 16.1. The number of allylic oxidation sites excluding steroid dienone is 2. The second-order valence-corrected chi connectivity index (χ2v) is 10.9. The van der Waals surface area contributed by atoms with Gasteiger partial charge in [-0.1, -0.05) is 30.8 Å². The van der Waals surface area contributed by atoms with Crippen molar-refractivity contribution in [3.05, 3.63) is 83.7 Å². The molecule has 0 bridgehead atoms. The Balaban J connectivity index is 0.00000264. The molecule has 0 radical (unpaired) electrons. The van der Waals surface area contributed by atoms with E-state index < -0.39 is 0 Å². The number of carbonyl (C=O) groups excluding carboxylic acids is 1. The number of aromatic amines is 1. The maximum Gasteiger partial charge on any atom is 0.247 e. The average Bonchev–Trinajstić information content (AvgIpc) is 3.36. The zero-order valence-electron chi connectivity index (χ0n) is 25.1. The lowest BCUT2D eigenvalue weighted by Crippen LogP contribution is -2.44. The van der Waals surface area contributed by atoms with Crippen molar-refractivity contribution < 1.29 is 7.65 Å². The quantitative estimate of drug-likeness (QED) is 0.181. The lowest BCUT2D eigenvalue weighted by Gasteiger charge is -2.34. The number of fused-ring (bicyclic) bond motifs is 1. The third kappa shape index (κ3) is 5.58. The molecule has 4 N–H and O–H groups in total. The molecule has 0 aliphatic carbocycles. The number of hydrogen-bond acceptors (Lipinski definition) is 6. The Morgan fingerprint density at radius 1 is 1.14 bits per heavy atom. The molecule has 3 heterocycles. The van der Waals surface area contributed by atoms with E-state index in [4.69, 9.17) is 10.7 Å². The van der Waals surface area contributed by atoms with E-state index in [0.717, 1.165) is 87.5 Å². The minimum Gasteiger partial charge on any atom is -0.402 e. The molecule has 1 aliphatic heterocycles. The molecule has 5 rings (SSSR count). The van der Waals surface area contributed by atoms with Crippen molar-refractivity contribution in [2.75, 3.05) is 50.5 Å².